The number of hydrogen-bond acceptors (Lipinski definition) is 6. The van der Waals surface area contributed by atoms with Gasteiger partial charge in [0.15, 0.2) is 6.61 Å². The van der Waals surface area contributed by atoms with E-state index in [1.54, 1.807) is 13.0 Å². The van der Waals surface area contributed by atoms with Crippen molar-refractivity contribution < 1.29 is 32.6 Å². The van der Waals surface area contributed by atoms with Gasteiger partial charge in [0.1, 0.15) is 11.9 Å². The topological polar surface area (TPSA) is 105 Å². The number of rotatable bonds is 6. The average Bonchev–Trinajstić information content (AvgIpc) is 2.97. The van der Waals surface area contributed by atoms with Crippen molar-refractivity contribution in [3.63, 3.8) is 0 Å². The van der Waals surface area contributed by atoms with Gasteiger partial charge in [-0.1, -0.05) is 0 Å². The van der Waals surface area contributed by atoms with Crippen LogP contribution < -0.4 is 10.1 Å². The number of carbonyl (C=O) groups is 2. The second-order valence-corrected chi connectivity index (χ2v) is 6.88. The van der Waals surface area contributed by atoms with Crippen LogP contribution in [0.3, 0.4) is 0 Å². The Morgan fingerprint density at radius 1 is 1.40 bits per heavy atom. The summed E-state index contributed by atoms with van der Waals surface area (Å²) in [5.74, 6) is -0.857. The summed E-state index contributed by atoms with van der Waals surface area (Å²) < 4.78 is 41.6. The number of aliphatic hydroxyl groups excluding tert-OH is 1. The monoisotopic (exact) mass is 424 g/mol. The van der Waals surface area contributed by atoms with Crippen molar-refractivity contribution in [1.82, 2.24) is 14.9 Å². The lowest BCUT2D eigenvalue weighted by Gasteiger charge is -2.17. The van der Waals surface area contributed by atoms with Gasteiger partial charge < -0.3 is 20.1 Å². The van der Waals surface area contributed by atoms with Crippen LogP contribution in [-0.4, -0.2) is 50.7 Å². The van der Waals surface area contributed by atoms with Gasteiger partial charge in [-0.15, -0.1) is 0 Å². The zero-order valence-corrected chi connectivity index (χ0v) is 16.2. The summed E-state index contributed by atoms with van der Waals surface area (Å²) in [5.41, 5.74) is 1.91. The van der Waals surface area contributed by atoms with Gasteiger partial charge in [0, 0.05) is 35.6 Å². The molecule has 30 heavy (non-hydrogen) atoms. The fourth-order valence-electron chi connectivity index (χ4n) is 2.97. The van der Waals surface area contributed by atoms with Crippen molar-refractivity contribution in [2.24, 2.45) is 0 Å². The maximum absolute atomic E-state index is 12.7. The molecule has 0 saturated heterocycles. The largest absolute Gasteiger partial charge is 0.468 e. The van der Waals surface area contributed by atoms with E-state index in [2.05, 4.69) is 20.0 Å². The number of carbonyl (C=O) groups excluding carboxylic acids is 2. The number of aromatic nitrogens is 2. The molecule has 11 heteroatoms. The van der Waals surface area contributed by atoms with Crippen molar-refractivity contribution in [3.8, 4) is 5.88 Å². The van der Waals surface area contributed by atoms with Gasteiger partial charge in [0.05, 0.1) is 6.54 Å². The van der Waals surface area contributed by atoms with E-state index in [0.717, 1.165) is 0 Å². The van der Waals surface area contributed by atoms with Gasteiger partial charge >= 0.3 is 6.18 Å². The number of ether oxygens (including phenoxy) is 1. The third kappa shape index (κ3) is 4.85. The number of amides is 2. The average molecular weight is 424 g/mol. The minimum Gasteiger partial charge on any atom is -0.468 e. The van der Waals surface area contributed by atoms with Crippen molar-refractivity contribution in [2.75, 3.05) is 11.9 Å². The maximum Gasteiger partial charge on any atom is 0.422 e. The molecule has 2 amide bonds. The van der Waals surface area contributed by atoms with Crippen LogP contribution in [0.25, 0.3) is 0 Å². The summed E-state index contributed by atoms with van der Waals surface area (Å²) in [5, 5.41) is 11.9. The van der Waals surface area contributed by atoms with Crippen LogP contribution in [0.2, 0.25) is 0 Å². The summed E-state index contributed by atoms with van der Waals surface area (Å²) in [7, 11) is 0. The fourth-order valence-corrected chi connectivity index (χ4v) is 2.97. The molecule has 0 saturated carbocycles. The lowest BCUT2D eigenvalue weighted by molar-refractivity contribution is -0.154. The molecule has 8 nitrogen and oxygen atoms in total. The highest BCUT2D eigenvalue weighted by molar-refractivity contribution is 6.01. The molecule has 1 aliphatic heterocycles. The molecule has 0 aromatic carbocycles. The molecular weight excluding hydrogens is 405 g/mol. The first-order valence-corrected chi connectivity index (χ1v) is 8.96. The molecule has 0 unspecified atom stereocenters. The van der Waals surface area contributed by atoms with E-state index >= 15 is 0 Å². The zero-order chi connectivity index (χ0) is 22.1. The summed E-state index contributed by atoms with van der Waals surface area (Å²) in [6, 6.07) is 3.14. The molecule has 0 aliphatic carbocycles. The highest BCUT2D eigenvalue weighted by Gasteiger charge is 2.31. The quantitative estimate of drug-likeness (QED) is 0.737. The molecule has 2 aromatic heterocycles. The second kappa shape index (κ2) is 8.27. The number of fused-ring (bicyclic) bond motifs is 1. The third-order valence-electron chi connectivity index (χ3n) is 4.38. The number of alkyl halides is 3. The van der Waals surface area contributed by atoms with Gasteiger partial charge in [-0.2, -0.15) is 13.2 Å². The molecule has 0 bridgehead atoms. The first kappa shape index (κ1) is 21.5. The zero-order valence-electron chi connectivity index (χ0n) is 16.2. The molecule has 2 aromatic rings. The Kier molecular flexibility index (Phi) is 5.92. The molecular formula is C19H19F3N4O4. The Morgan fingerprint density at radius 3 is 2.77 bits per heavy atom. The number of nitrogens with one attached hydrogen (secondary N) is 1. The lowest BCUT2D eigenvalue weighted by Crippen LogP contribution is -2.26. The minimum atomic E-state index is -4.46. The van der Waals surface area contributed by atoms with E-state index in [1.165, 1.54) is 30.3 Å². The molecule has 0 fully saturated rings. The maximum atomic E-state index is 12.7. The number of pyridine rings is 2. The highest BCUT2D eigenvalue weighted by Crippen LogP contribution is 2.29. The molecule has 0 spiro atoms. The summed E-state index contributed by atoms with van der Waals surface area (Å²) >= 11 is 0. The van der Waals surface area contributed by atoms with Crippen molar-refractivity contribution in [2.45, 2.75) is 39.2 Å². The Bertz CT molecular complexity index is 979. The van der Waals surface area contributed by atoms with Crippen molar-refractivity contribution in [3.05, 3.63) is 46.8 Å². The Morgan fingerprint density at radius 2 is 2.13 bits per heavy atom. The molecule has 1 atom stereocenters. The normalized spacial score (nSPS) is 14.5. The lowest BCUT2D eigenvalue weighted by atomic mass is 10.1. The predicted molar refractivity (Wildman–Crippen MR) is 98.6 cm³/mol. The standard InChI is InChI=1S/C19H19F3N4O4/c1-10-5-12(6-24-17(10)30-9-19(20,21)22)7-26-8-14-13(18(26)29)3-4-23-15(14)25-16(28)11(2)27/h3-6,11,27H,7-9H2,1-2H3,(H,23,25,28)/t11-/m0/s1. The number of aryl methyl sites for hydroxylation is 1. The Labute approximate surface area is 169 Å². The van der Waals surface area contributed by atoms with E-state index in [4.69, 9.17) is 0 Å². The summed E-state index contributed by atoms with van der Waals surface area (Å²) in [4.78, 5) is 33.9. The van der Waals surface area contributed by atoms with Crippen LogP contribution in [0, 0.1) is 6.92 Å². The molecule has 0 radical (unpaired) electrons. The van der Waals surface area contributed by atoms with Gasteiger partial charge in [0.25, 0.3) is 11.8 Å². The Balaban J connectivity index is 1.73. The third-order valence-corrected chi connectivity index (χ3v) is 4.38. The molecule has 1 aliphatic rings. The number of halogens is 3. The summed E-state index contributed by atoms with van der Waals surface area (Å²) in [6.07, 6.45) is -2.96. The highest BCUT2D eigenvalue weighted by atomic mass is 19.4. The van der Waals surface area contributed by atoms with E-state index in [9.17, 15) is 27.9 Å². The number of aliphatic hydroxyl groups is 1. The predicted octanol–water partition coefficient (Wildman–Crippen LogP) is 2.20. The van der Waals surface area contributed by atoms with Crippen LogP contribution in [0.1, 0.15) is 34.0 Å². The van der Waals surface area contributed by atoms with Crippen molar-refractivity contribution >= 4 is 17.6 Å². The van der Waals surface area contributed by atoms with Gasteiger partial charge in [-0.05, 0) is 31.5 Å². The smallest absolute Gasteiger partial charge is 0.422 e. The van der Waals surface area contributed by atoms with Crippen LogP contribution in [0.5, 0.6) is 5.88 Å². The van der Waals surface area contributed by atoms with E-state index in [0.29, 0.717) is 22.3 Å². The van der Waals surface area contributed by atoms with Gasteiger partial charge in [-0.25, -0.2) is 9.97 Å². The second-order valence-electron chi connectivity index (χ2n) is 6.88. The molecule has 2 N–H and O–H groups in total. The first-order chi connectivity index (χ1) is 14.0. The summed E-state index contributed by atoms with van der Waals surface area (Å²) in [6.45, 7) is 1.77. The van der Waals surface area contributed by atoms with Gasteiger partial charge in [-0.3, -0.25) is 9.59 Å². The van der Waals surface area contributed by atoms with E-state index < -0.39 is 24.8 Å². The van der Waals surface area contributed by atoms with Crippen molar-refractivity contribution in [1.29, 1.82) is 0 Å². The van der Waals surface area contributed by atoms with Crippen LogP contribution in [0.4, 0.5) is 19.0 Å². The first-order valence-electron chi connectivity index (χ1n) is 8.96. The van der Waals surface area contributed by atoms with E-state index in [-0.39, 0.29) is 30.7 Å². The van der Waals surface area contributed by atoms with Gasteiger partial charge in [0.2, 0.25) is 5.88 Å². The Hall–Kier alpha value is -3.21. The number of anilines is 1. The molecule has 160 valence electrons. The van der Waals surface area contributed by atoms with E-state index in [1.807, 2.05) is 0 Å². The van der Waals surface area contributed by atoms with Crippen LogP contribution in [0.15, 0.2) is 24.5 Å². The molecule has 3 heterocycles. The number of hydrogen-bond donors (Lipinski definition) is 2. The fraction of sp³-hybridized carbons (Fsp3) is 0.368. The number of nitrogens with zero attached hydrogens (tertiary/aromatic N) is 3. The SMILES string of the molecule is Cc1cc(CN2Cc3c(ccnc3NC(=O)[C@H](C)O)C2=O)cnc1OCC(F)(F)F. The minimum absolute atomic E-state index is 0.126. The van der Waals surface area contributed by atoms with Crippen LogP contribution in [-0.2, 0) is 17.9 Å². The van der Waals surface area contributed by atoms with Crippen LogP contribution >= 0.6 is 0 Å². The molecule has 3 rings (SSSR count).